The largest absolute Gasteiger partial charge is 0.481 e. The van der Waals surface area contributed by atoms with Gasteiger partial charge >= 0.3 is 11.9 Å². The monoisotopic (exact) mass is 378 g/mol. The summed E-state index contributed by atoms with van der Waals surface area (Å²) in [5.41, 5.74) is 4.00. The Hall–Kier alpha value is -3.22. The number of carbonyl (C=O) groups is 1. The van der Waals surface area contributed by atoms with Crippen molar-refractivity contribution in [1.82, 2.24) is 4.57 Å². The maximum Gasteiger partial charge on any atom is 0.422 e. The van der Waals surface area contributed by atoms with E-state index in [0.29, 0.717) is 6.54 Å². The van der Waals surface area contributed by atoms with Crippen LogP contribution < -0.4 is 9.47 Å². The normalized spacial score (nSPS) is 17.5. The number of aryl methyl sites for hydroxylation is 2. The molecule has 7 nitrogen and oxygen atoms in total. The summed E-state index contributed by atoms with van der Waals surface area (Å²) in [6.45, 7) is 1.44. The summed E-state index contributed by atoms with van der Waals surface area (Å²) in [6.07, 6.45) is 1.65. The van der Waals surface area contributed by atoms with E-state index in [-0.39, 0.29) is 5.92 Å². The molecule has 1 atom stereocenters. The first-order valence-corrected chi connectivity index (χ1v) is 9.47. The van der Waals surface area contributed by atoms with Gasteiger partial charge in [-0.3, -0.25) is 4.79 Å². The van der Waals surface area contributed by atoms with Gasteiger partial charge in [-0.15, -0.1) is 0 Å². The number of aromatic nitrogens is 2. The summed E-state index contributed by atoms with van der Waals surface area (Å²) in [6, 6.07) is 16.0. The van der Waals surface area contributed by atoms with Crippen molar-refractivity contribution in [2.24, 2.45) is 30.2 Å². The molecule has 2 heterocycles. The lowest BCUT2D eigenvalue weighted by Gasteiger charge is -2.32. The van der Waals surface area contributed by atoms with Gasteiger partial charge in [-0.1, -0.05) is 17.2 Å². The molecule has 2 aromatic carbocycles. The van der Waals surface area contributed by atoms with Crippen LogP contribution in [0.3, 0.4) is 0 Å². The molecule has 1 N–H and O–H groups in total. The molecular weight excluding hydrogens is 354 g/mol. The molecule has 0 saturated carbocycles. The van der Waals surface area contributed by atoms with Crippen LogP contribution in [-0.2, 0) is 18.9 Å². The number of piperidine rings is 1. The standard InChI is InChI=1S/C21H23N5O2/c1-24-18-7-3-4-8-19(18)25(2)21(24)23-22-16-9-11-17(12-10-16)26-13-5-6-15(14-26)20(27)28/h3-4,7-12,15H,5-6,13-14H2,1-2H3/p+1. The molecule has 4 rings (SSSR count). The summed E-state index contributed by atoms with van der Waals surface area (Å²) in [5.74, 6) is -0.233. The Kier molecular flexibility index (Phi) is 4.81. The number of hydrogen-bond acceptors (Lipinski definition) is 4. The highest BCUT2D eigenvalue weighted by atomic mass is 16.4. The number of carboxylic acid groups (broad SMARTS) is 1. The molecule has 0 aliphatic carbocycles. The number of carboxylic acids is 1. The highest BCUT2D eigenvalue weighted by molar-refractivity contribution is 5.73. The van der Waals surface area contributed by atoms with Crippen LogP contribution in [0.2, 0.25) is 0 Å². The van der Waals surface area contributed by atoms with Gasteiger partial charge in [0.1, 0.15) is 16.7 Å². The Morgan fingerprint density at radius 1 is 1.14 bits per heavy atom. The van der Waals surface area contributed by atoms with Gasteiger partial charge in [-0.05, 0) is 49.2 Å². The predicted molar refractivity (Wildman–Crippen MR) is 107 cm³/mol. The van der Waals surface area contributed by atoms with Crippen molar-refractivity contribution in [1.29, 1.82) is 0 Å². The Morgan fingerprint density at radius 2 is 1.89 bits per heavy atom. The number of imidazole rings is 1. The lowest BCUT2D eigenvalue weighted by atomic mass is 9.98. The summed E-state index contributed by atoms with van der Waals surface area (Å²) in [5, 5.41) is 18.1. The SMILES string of the molecule is Cn1c(N=Nc2ccc(N3CCCC(C(=O)O)C3)cc2)[n+](C)c2ccccc21. The van der Waals surface area contributed by atoms with Crippen molar-refractivity contribution in [3.63, 3.8) is 0 Å². The number of nitrogens with zero attached hydrogens (tertiary/aromatic N) is 5. The summed E-state index contributed by atoms with van der Waals surface area (Å²) >= 11 is 0. The van der Waals surface area contributed by atoms with E-state index in [4.69, 9.17) is 0 Å². The first-order valence-electron chi connectivity index (χ1n) is 9.47. The first kappa shape index (κ1) is 18.2. The van der Waals surface area contributed by atoms with Crippen molar-refractivity contribution in [3.8, 4) is 0 Å². The molecule has 1 aliphatic heterocycles. The number of para-hydroxylation sites is 2. The second-order valence-electron chi connectivity index (χ2n) is 7.25. The van der Waals surface area contributed by atoms with Crippen molar-refractivity contribution >= 4 is 34.3 Å². The fraction of sp³-hybridized carbons (Fsp3) is 0.333. The van der Waals surface area contributed by atoms with E-state index in [1.54, 1.807) is 0 Å². The Labute approximate surface area is 163 Å². The molecule has 1 fully saturated rings. The van der Waals surface area contributed by atoms with Crippen LogP contribution in [0, 0.1) is 5.92 Å². The van der Waals surface area contributed by atoms with E-state index in [9.17, 15) is 9.90 Å². The smallest absolute Gasteiger partial charge is 0.422 e. The molecule has 0 amide bonds. The fourth-order valence-electron chi connectivity index (χ4n) is 3.85. The molecule has 1 saturated heterocycles. The number of fused-ring (bicyclic) bond motifs is 1. The van der Waals surface area contributed by atoms with Crippen molar-refractivity contribution < 1.29 is 14.5 Å². The quantitative estimate of drug-likeness (QED) is 0.555. The Balaban J connectivity index is 1.53. The highest BCUT2D eigenvalue weighted by Gasteiger charge is 2.25. The average Bonchev–Trinajstić information content (AvgIpc) is 2.97. The lowest BCUT2D eigenvalue weighted by molar-refractivity contribution is -0.632. The first-order chi connectivity index (χ1) is 13.5. The fourth-order valence-corrected chi connectivity index (χ4v) is 3.85. The van der Waals surface area contributed by atoms with Gasteiger partial charge in [0.15, 0.2) is 0 Å². The van der Waals surface area contributed by atoms with Crippen LogP contribution in [0.15, 0.2) is 58.8 Å². The molecule has 1 unspecified atom stereocenters. The van der Waals surface area contributed by atoms with Crippen LogP contribution in [0.1, 0.15) is 12.8 Å². The van der Waals surface area contributed by atoms with Crippen LogP contribution in [0.5, 0.6) is 0 Å². The van der Waals surface area contributed by atoms with Gasteiger partial charge in [0, 0.05) is 23.9 Å². The molecule has 1 aromatic heterocycles. The Morgan fingerprint density at radius 3 is 2.61 bits per heavy atom. The predicted octanol–water partition coefficient (Wildman–Crippen LogP) is 3.72. The molecule has 7 heteroatoms. The van der Waals surface area contributed by atoms with Crippen LogP contribution in [-0.4, -0.2) is 28.7 Å². The van der Waals surface area contributed by atoms with Gasteiger partial charge in [-0.2, -0.15) is 0 Å². The molecule has 0 radical (unpaired) electrons. The molecule has 144 valence electrons. The number of hydrogen-bond donors (Lipinski definition) is 1. The lowest BCUT2D eigenvalue weighted by Crippen LogP contribution is -2.38. The van der Waals surface area contributed by atoms with Crippen LogP contribution in [0.25, 0.3) is 11.0 Å². The maximum absolute atomic E-state index is 11.3. The second-order valence-corrected chi connectivity index (χ2v) is 7.25. The zero-order chi connectivity index (χ0) is 19.7. The molecule has 3 aromatic rings. The third kappa shape index (κ3) is 3.35. The van der Waals surface area contributed by atoms with Crippen LogP contribution in [0.4, 0.5) is 17.3 Å². The van der Waals surface area contributed by atoms with Crippen LogP contribution >= 0.6 is 0 Å². The van der Waals surface area contributed by atoms with E-state index < -0.39 is 5.97 Å². The number of rotatable bonds is 4. The van der Waals surface area contributed by atoms with Crippen molar-refractivity contribution in [2.75, 3.05) is 18.0 Å². The number of aliphatic carboxylic acids is 1. The molecular formula is C21H24N5O2+. The molecule has 1 aliphatic rings. The maximum atomic E-state index is 11.3. The third-order valence-electron chi connectivity index (χ3n) is 5.44. The summed E-state index contributed by atoms with van der Waals surface area (Å²) in [7, 11) is 3.96. The third-order valence-corrected chi connectivity index (χ3v) is 5.44. The van der Waals surface area contributed by atoms with Gasteiger partial charge < -0.3 is 10.0 Å². The van der Waals surface area contributed by atoms with Crippen molar-refractivity contribution in [3.05, 3.63) is 48.5 Å². The summed E-state index contributed by atoms with van der Waals surface area (Å²) in [4.78, 5) is 13.4. The molecule has 0 bridgehead atoms. The molecule has 28 heavy (non-hydrogen) atoms. The van der Waals surface area contributed by atoms with E-state index in [1.165, 1.54) is 0 Å². The zero-order valence-corrected chi connectivity index (χ0v) is 16.1. The van der Waals surface area contributed by atoms with Crippen molar-refractivity contribution in [2.45, 2.75) is 12.8 Å². The van der Waals surface area contributed by atoms with E-state index in [0.717, 1.165) is 47.7 Å². The minimum absolute atomic E-state index is 0.292. The number of anilines is 1. The van der Waals surface area contributed by atoms with Gasteiger partial charge in [0.05, 0.1) is 20.0 Å². The van der Waals surface area contributed by atoms with E-state index in [2.05, 4.69) is 27.3 Å². The number of azo groups is 1. The topological polar surface area (TPSA) is 74.1 Å². The van der Waals surface area contributed by atoms with E-state index in [1.807, 2.05) is 59.6 Å². The van der Waals surface area contributed by atoms with Gasteiger partial charge in [0.2, 0.25) is 0 Å². The molecule has 0 spiro atoms. The van der Waals surface area contributed by atoms with E-state index >= 15 is 0 Å². The minimum atomic E-state index is -0.710. The summed E-state index contributed by atoms with van der Waals surface area (Å²) < 4.78 is 4.04. The minimum Gasteiger partial charge on any atom is -0.481 e. The number of benzene rings is 2. The Bertz CT molecular complexity index is 1000. The zero-order valence-electron chi connectivity index (χ0n) is 16.1. The highest BCUT2D eigenvalue weighted by Crippen LogP contribution is 2.26. The average molecular weight is 378 g/mol. The second kappa shape index (κ2) is 7.42. The van der Waals surface area contributed by atoms with Gasteiger partial charge in [0.25, 0.3) is 0 Å². The van der Waals surface area contributed by atoms with Gasteiger partial charge in [-0.25, -0.2) is 9.13 Å².